The van der Waals surface area contributed by atoms with Crippen molar-refractivity contribution in [1.82, 2.24) is 0 Å². The Morgan fingerprint density at radius 3 is 1.25 bits per heavy atom. The van der Waals surface area contributed by atoms with Gasteiger partial charge in [-0.2, -0.15) is 0 Å². The molecule has 0 aliphatic rings. The summed E-state index contributed by atoms with van der Waals surface area (Å²) in [5.41, 5.74) is 3.01. The fourth-order valence-corrected chi connectivity index (χ4v) is 3.72. The van der Waals surface area contributed by atoms with Gasteiger partial charge in [0, 0.05) is 35.1 Å². The standard InChI is InChI=1S/C27H22O5/c28-21(15-19-11-13-22(26(31)24(19)29)17-7-3-1-4-8-17)16-20-12-14-23(27(32)25(20)30)18-9-5-2-6-10-18/h1-14,29-32H,15-16H2. The molecular weight excluding hydrogens is 404 g/mol. The van der Waals surface area contributed by atoms with E-state index < -0.39 is 0 Å². The molecule has 4 aromatic rings. The second-order valence-corrected chi connectivity index (χ2v) is 7.56. The molecule has 0 unspecified atom stereocenters. The van der Waals surface area contributed by atoms with Crippen LogP contribution in [0.5, 0.6) is 23.0 Å². The lowest BCUT2D eigenvalue weighted by Crippen LogP contribution is -2.07. The summed E-state index contributed by atoms with van der Waals surface area (Å²) in [4.78, 5) is 12.6. The normalized spacial score (nSPS) is 10.8. The van der Waals surface area contributed by atoms with Gasteiger partial charge in [0.05, 0.1) is 0 Å². The number of phenols is 4. The van der Waals surface area contributed by atoms with Crippen molar-refractivity contribution in [3.05, 3.63) is 96.1 Å². The maximum absolute atomic E-state index is 12.6. The molecule has 0 spiro atoms. The number of hydrogen-bond donors (Lipinski definition) is 4. The highest BCUT2D eigenvalue weighted by Crippen LogP contribution is 2.41. The Balaban J connectivity index is 1.53. The van der Waals surface area contributed by atoms with Crippen LogP contribution in [0.25, 0.3) is 22.3 Å². The van der Waals surface area contributed by atoms with E-state index >= 15 is 0 Å². The van der Waals surface area contributed by atoms with Gasteiger partial charge in [-0.15, -0.1) is 0 Å². The van der Waals surface area contributed by atoms with Gasteiger partial charge in [-0.25, -0.2) is 0 Å². The van der Waals surface area contributed by atoms with Crippen LogP contribution in [-0.2, 0) is 17.6 Å². The zero-order chi connectivity index (χ0) is 22.7. The van der Waals surface area contributed by atoms with Gasteiger partial charge in [-0.3, -0.25) is 4.79 Å². The molecule has 0 atom stereocenters. The van der Waals surface area contributed by atoms with E-state index in [0.29, 0.717) is 11.1 Å². The van der Waals surface area contributed by atoms with E-state index in [4.69, 9.17) is 0 Å². The van der Waals surface area contributed by atoms with Crippen LogP contribution in [0.1, 0.15) is 11.1 Å². The predicted octanol–water partition coefficient (Wildman–Crippen LogP) is 5.20. The summed E-state index contributed by atoms with van der Waals surface area (Å²) in [6, 6.07) is 24.8. The summed E-state index contributed by atoms with van der Waals surface area (Å²) in [5, 5.41) is 41.7. The van der Waals surface area contributed by atoms with Crippen LogP contribution < -0.4 is 0 Å². The highest BCUT2D eigenvalue weighted by atomic mass is 16.3. The smallest absolute Gasteiger partial charge is 0.165 e. The first-order valence-electron chi connectivity index (χ1n) is 10.2. The van der Waals surface area contributed by atoms with Crippen molar-refractivity contribution >= 4 is 5.78 Å². The monoisotopic (exact) mass is 426 g/mol. The van der Waals surface area contributed by atoms with E-state index in [9.17, 15) is 25.2 Å². The number of hydrogen-bond acceptors (Lipinski definition) is 5. The second-order valence-electron chi connectivity index (χ2n) is 7.56. The number of carbonyl (C=O) groups excluding carboxylic acids is 1. The molecule has 0 heterocycles. The van der Waals surface area contributed by atoms with Crippen molar-refractivity contribution in [3.63, 3.8) is 0 Å². The fraction of sp³-hybridized carbons (Fsp3) is 0.0741. The Hall–Kier alpha value is -4.25. The lowest BCUT2D eigenvalue weighted by atomic mass is 9.96. The molecule has 0 radical (unpaired) electrons. The van der Waals surface area contributed by atoms with Crippen LogP contribution in [0.3, 0.4) is 0 Å². The number of phenolic OH excluding ortho intramolecular Hbond substituents is 4. The van der Waals surface area contributed by atoms with Crippen molar-refractivity contribution in [2.75, 3.05) is 0 Å². The number of ketones is 1. The minimum Gasteiger partial charge on any atom is -0.504 e. The quantitative estimate of drug-likeness (QED) is 0.318. The van der Waals surface area contributed by atoms with Crippen molar-refractivity contribution in [3.8, 4) is 45.3 Å². The molecule has 5 nitrogen and oxygen atoms in total. The summed E-state index contributed by atoms with van der Waals surface area (Å²) in [5.74, 6) is -1.53. The summed E-state index contributed by atoms with van der Waals surface area (Å²) in [6.07, 6.45) is -0.260. The van der Waals surface area contributed by atoms with Crippen molar-refractivity contribution < 1.29 is 25.2 Å². The Labute approximate surface area is 185 Å². The molecule has 0 amide bonds. The highest BCUT2D eigenvalue weighted by molar-refractivity contribution is 5.86. The first-order chi connectivity index (χ1) is 15.5. The Bertz CT molecular complexity index is 1170. The van der Waals surface area contributed by atoms with Gasteiger partial charge in [-0.1, -0.05) is 84.9 Å². The first-order valence-corrected chi connectivity index (χ1v) is 10.2. The molecule has 160 valence electrons. The van der Waals surface area contributed by atoms with Crippen LogP contribution in [0, 0.1) is 0 Å². The first kappa shape index (κ1) is 21.0. The summed E-state index contributed by atoms with van der Waals surface area (Å²) in [7, 11) is 0. The summed E-state index contributed by atoms with van der Waals surface area (Å²) in [6.45, 7) is 0. The number of carbonyl (C=O) groups is 1. The fourth-order valence-electron chi connectivity index (χ4n) is 3.72. The van der Waals surface area contributed by atoms with E-state index in [2.05, 4.69) is 0 Å². The molecule has 0 aromatic heterocycles. The molecule has 4 N–H and O–H groups in total. The van der Waals surface area contributed by atoms with Gasteiger partial charge < -0.3 is 20.4 Å². The van der Waals surface area contributed by atoms with Gasteiger partial charge >= 0.3 is 0 Å². The van der Waals surface area contributed by atoms with Gasteiger partial charge in [0.15, 0.2) is 23.0 Å². The number of benzene rings is 4. The molecule has 32 heavy (non-hydrogen) atoms. The minimum absolute atomic E-state index is 0.130. The van der Waals surface area contributed by atoms with Crippen LogP contribution in [-0.4, -0.2) is 26.2 Å². The zero-order valence-corrected chi connectivity index (χ0v) is 17.2. The average Bonchev–Trinajstić information content (AvgIpc) is 2.81. The van der Waals surface area contributed by atoms with Crippen LogP contribution in [0.2, 0.25) is 0 Å². The zero-order valence-electron chi connectivity index (χ0n) is 17.2. The van der Waals surface area contributed by atoms with E-state index in [1.54, 1.807) is 24.3 Å². The summed E-state index contributed by atoms with van der Waals surface area (Å²) < 4.78 is 0. The topological polar surface area (TPSA) is 98.0 Å². The van der Waals surface area contributed by atoms with Crippen LogP contribution >= 0.6 is 0 Å². The lowest BCUT2D eigenvalue weighted by Gasteiger charge is -2.12. The predicted molar refractivity (Wildman–Crippen MR) is 123 cm³/mol. The lowest BCUT2D eigenvalue weighted by molar-refractivity contribution is -0.117. The maximum Gasteiger partial charge on any atom is 0.165 e. The van der Waals surface area contributed by atoms with E-state index in [0.717, 1.165) is 11.1 Å². The van der Waals surface area contributed by atoms with Gasteiger partial charge in [0.1, 0.15) is 5.78 Å². The molecule has 4 rings (SSSR count). The molecule has 0 saturated carbocycles. The molecular formula is C27H22O5. The van der Waals surface area contributed by atoms with Gasteiger partial charge in [-0.05, 0) is 11.1 Å². The molecule has 0 bridgehead atoms. The van der Waals surface area contributed by atoms with Crippen molar-refractivity contribution in [1.29, 1.82) is 0 Å². The summed E-state index contributed by atoms with van der Waals surface area (Å²) >= 11 is 0. The van der Waals surface area contributed by atoms with E-state index in [-0.39, 0.29) is 52.7 Å². The second kappa shape index (κ2) is 8.86. The third kappa shape index (κ3) is 4.14. The molecule has 0 aliphatic heterocycles. The molecule has 0 saturated heterocycles. The van der Waals surface area contributed by atoms with Crippen LogP contribution in [0.15, 0.2) is 84.9 Å². The van der Waals surface area contributed by atoms with Gasteiger partial charge in [0.25, 0.3) is 0 Å². The average molecular weight is 426 g/mol. The molecule has 0 fully saturated rings. The highest BCUT2D eigenvalue weighted by Gasteiger charge is 2.18. The van der Waals surface area contributed by atoms with Gasteiger partial charge in [0.2, 0.25) is 0 Å². The third-order valence-electron chi connectivity index (χ3n) is 5.41. The number of rotatable bonds is 6. The number of aromatic hydroxyl groups is 4. The minimum atomic E-state index is -0.341. The van der Waals surface area contributed by atoms with Crippen molar-refractivity contribution in [2.45, 2.75) is 12.8 Å². The largest absolute Gasteiger partial charge is 0.504 e. The molecule has 5 heteroatoms. The SMILES string of the molecule is O=C(Cc1ccc(-c2ccccc2)c(O)c1O)Cc1ccc(-c2ccccc2)c(O)c1O. The molecule has 0 aliphatic carbocycles. The van der Waals surface area contributed by atoms with Crippen LogP contribution in [0.4, 0.5) is 0 Å². The Morgan fingerprint density at radius 1 is 0.500 bits per heavy atom. The Morgan fingerprint density at radius 2 is 0.875 bits per heavy atom. The maximum atomic E-state index is 12.6. The molecule has 4 aromatic carbocycles. The third-order valence-corrected chi connectivity index (χ3v) is 5.41. The van der Waals surface area contributed by atoms with E-state index in [1.807, 2.05) is 60.7 Å². The number of Topliss-reactive ketones (excluding diaryl/α,β-unsaturated/α-hetero) is 1. The van der Waals surface area contributed by atoms with E-state index in [1.165, 1.54) is 0 Å². The van der Waals surface area contributed by atoms with Crippen molar-refractivity contribution in [2.24, 2.45) is 0 Å². The Kier molecular flexibility index (Phi) is 5.81.